The van der Waals surface area contributed by atoms with Gasteiger partial charge < -0.3 is 10.5 Å². The van der Waals surface area contributed by atoms with Crippen LogP contribution in [0, 0.1) is 6.92 Å². The molecule has 0 spiro atoms. The Bertz CT molecular complexity index is 245. The summed E-state index contributed by atoms with van der Waals surface area (Å²) >= 11 is 0. The molecule has 0 aromatic heterocycles. The molecule has 0 heterocycles. The molecule has 2 nitrogen and oxygen atoms in total. The summed E-state index contributed by atoms with van der Waals surface area (Å²) < 4.78 is 4.97. The van der Waals surface area contributed by atoms with E-state index in [-0.39, 0.29) is 0 Å². The third kappa shape index (κ3) is 1.95. The standard InChI is InChI=1S/C9H13NO/c1-7-3-4-8(6-11-2)9(10)5-7/h3-5H,6,10H2,1-2H3. The SMILES string of the molecule is COCc1ccc(C)cc1N. The molecule has 0 fully saturated rings. The van der Waals surface area contributed by atoms with E-state index in [1.165, 1.54) is 5.56 Å². The highest BCUT2D eigenvalue weighted by molar-refractivity contribution is 5.48. The second-order valence-corrected chi connectivity index (χ2v) is 2.64. The molecule has 1 aromatic rings. The molecule has 1 rings (SSSR count). The summed E-state index contributed by atoms with van der Waals surface area (Å²) in [6, 6.07) is 5.98. The van der Waals surface area contributed by atoms with Crippen molar-refractivity contribution in [2.24, 2.45) is 0 Å². The van der Waals surface area contributed by atoms with Gasteiger partial charge in [0.2, 0.25) is 0 Å². The lowest BCUT2D eigenvalue weighted by molar-refractivity contribution is 0.185. The normalized spacial score (nSPS) is 10.0. The molecule has 2 N–H and O–H groups in total. The fourth-order valence-corrected chi connectivity index (χ4v) is 1.00. The number of aryl methyl sites for hydroxylation is 1. The Labute approximate surface area is 67.0 Å². The summed E-state index contributed by atoms with van der Waals surface area (Å²) in [7, 11) is 1.67. The summed E-state index contributed by atoms with van der Waals surface area (Å²) in [6.07, 6.45) is 0. The average molecular weight is 151 g/mol. The zero-order valence-electron chi connectivity index (χ0n) is 6.92. The molecular formula is C9H13NO. The van der Waals surface area contributed by atoms with Gasteiger partial charge in [0.15, 0.2) is 0 Å². The highest BCUT2D eigenvalue weighted by Gasteiger charge is 1.96. The molecule has 0 amide bonds. The predicted molar refractivity (Wildman–Crippen MR) is 46.3 cm³/mol. The molecular weight excluding hydrogens is 138 g/mol. The quantitative estimate of drug-likeness (QED) is 0.653. The van der Waals surface area contributed by atoms with Crippen LogP contribution in [0.3, 0.4) is 0 Å². The fourth-order valence-electron chi connectivity index (χ4n) is 1.00. The van der Waals surface area contributed by atoms with Crippen molar-refractivity contribution >= 4 is 5.69 Å². The van der Waals surface area contributed by atoms with Crippen LogP contribution in [0.5, 0.6) is 0 Å². The molecule has 2 heteroatoms. The number of anilines is 1. The topological polar surface area (TPSA) is 35.2 Å². The highest BCUT2D eigenvalue weighted by Crippen LogP contribution is 2.13. The van der Waals surface area contributed by atoms with E-state index in [0.717, 1.165) is 11.3 Å². The Balaban J connectivity index is 2.90. The first-order valence-electron chi connectivity index (χ1n) is 3.58. The molecule has 0 radical (unpaired) electrons. The number of nitrogens with two attached hydrogens (primary N) is 1. The maximum absolute atomic E-state index is 5.73. The minimum atomic E-state index is 0.589. The van der Waals surface area contributed by atoms with Crippen molar-refractivity contribution in [3.63, 3.8) is 0 Å². The first-order chi connectivity index (χ1) is 5.24. The van der Waals surface area contributed by atoms with Gasteiger partial charge in [0.05, 0.1) is 6.61 Å². The fraction of sp³-hybridized carbons (Fsp3) is 0.333. The van der Waals surface area contributed by atoms with Gasteiger partial charge in [-0.3, -0.25) is 0 Å². The molecule has 0 atom stereocenters. The molecule has 0 saturated heterocycles. The van der Waals surface area contributed by atoms with Crippen LogP contribution in [0.2, 0.25) is 0 Å². The molecule has 11 heavy (non-hydrogen) atoms. The van der Waals surface area contributed by atoms with Crippen molar-refractivity contribution in [2.75, 3.05) is 12.8 Å². The number of ether oxygens (including phenoxy) is 1. The monoisotopic (exact) mass is 151 g/mol. The second-order valence-electron chi connectivity index (χ2n) is 2.64. The first-order valence-corrected chi connectivity index (χ1v) is 3.58. The Morgan fingerprint density at radius 3 is 2.73 bits per heavy atom. The molecule has 0 aliphatic carbocycles. The maximum atomic E-state index is 5.73. The number of hydrogen-bond donors (Lipinski definition) is 1. The molecule has 60 valence electrons. The van der Waals surface area contributed by atoms with E-state index < -0.39 is 0 Å². The van der Waals surface area contributed by atoms with E-state index in [1.807, 2.05) is 25.1 Å². The van der Waals surface area contributed by atoms with Crippen LogP contribution in [0.1, 0.15) is 11.1 Å². The summed E-state index contributed by atoms with van der Waals surface area (Å²) in [5.74, 6) is 0. The minimum absolute atomic E-state index is 0.589. The largest absolute Gasteiger partial charge is 0.398 e. The maximum Gasteiger partial charge on any atom is 0.0733 e. The van der Waals surface area contributed by atoms with Crippen LogP contribution < -0.4 is 5.73 Å². The zero-order valence-corrected chi connectivity index (χ0v) is 6.92. The van der Waals surface area contributed by atoms with Crippen LogP contribution in [-0.4, -0.2) is 7.11 Å². The lowest BCUT2D eigenvalue weighted by atomic mass is 10.1. The van der Waals surface area contributed by atoms with E-state index in [4.69, 9.17) is 10.5 Å². The molecule has 0 unspecified atom stereocenters. The van der Waals surface area contributed by atoms with Gasteiger partial charge in [-0.2, -0.15) is 0 Å². The minimum Gasteiger partial charge on any atom is -0.398 e. The second kappa shape index (κ2) is 3.39. The van der Waals surface area contributed by atoms with Crippen LogP contribution in [-0.2, 0) is 11.3 Å². The summed E-state index contributed by atoms with van der Waals surface area (Å²) in [4.78, 5) is 0. The van der Waals surface area contributed by atoms with Gasteiger partial charge >= 0.3 is 0 Å². The van der Waals surface area contributed by atoms with Crippen molar-refractivity contribution in [1.29, 1.82) is 0 Å². The van der Waals surface area contributed by atoms with Crippen molar-refractivity contribution in [2.45, 2.75) is 13.5 Å². The Kier molecular flexibility index (Phi) is 2.49. The van der Waals surface area contributed by atoms with E-state index in [2.05, 4.69) is 0 Å². The predicted octanol–water partition coefficient (Wildman–Crippen LogP) is 1.72. The van der Waals surface area contributed by atoms with Gasteiger partial charge in [-0.15, -0.1) is 0 Å². The van der Waals surface area contributed by atoms with E-state index in [1.54, 1.807) is 7.11 Å². The van der Waals surface area contributed by atoms with Gasteiger partial charge in [-0.05, 0) is 18.6 Å². The van der Waals surface area contributed by atoms with Crippen molar-refractivity contribution in [1.82, 2.24) is 0 Å². The average Bonchev–Trinajstić information content (AvgIpc) is 1.95. The van der Waals surface area contributed by atoms with Crippen LogP contribution >= 0.6 is 0 Å². The molecule has 0 aliphatic rings. The van der Waals surface area contributed by atoms with Crippen molar-refractivity contribution < 1.29 is 4.74 Å². The lowest BCUT2D eigenvalue weighted by Crippen LogP contribution is -1.95. The van der Waals surface area contributed by atoms with Gasteiger partial charge in [0.25, 0.3) is 0 Å². The van der Waals surface area contributed by atoms with Gasteiger partial charge in [-0.1, -0.05) is 12.1 Å². The zero-order chi connectivity index (χ0) is 8.27. The molecule has 0 aliphatic heterocycles. The van der Waals surface area contributed by atoms with Crippen LogP contribution in [0.15, 0.2) is 18.2 Å². The van der Waals surface area contributed by atoms with E-state index >= 15 is 0 Å². The molecule has 0 saturated carbocycles. The molecule has 0 bridgehead atoms. The van der Waals surface area contributed by atoms with Crippen LogP contribution in [0.4, 0.5) is 5.69 Å². The number of hydrogen-bond acceptors (Lipinski definition) is 2. The van der Waals surface area contributed by atoms with E-state index in [0.29, 0.717) is 6.61 Å². The smallest absolute Gasteiger partial charge is 0.0733 e. The third-order valence-corrected chi connectivity index (χ3v) is 1.60. The van der Waals surface area contributed by atoms with Gasteiger partial charge in [0, 0.05) is 18.4 Å². The lowest BCUT2D eigenvalue weighted by Gasteiger charge is -2.04. The van der Waals surface area contributed by atoms with E-state index in [9.17, 15) is 0 Å². The Morgan fingerprint density at radius 2 is 2.18 bits per heavy atom. The summed E-state index contributed by atoms with van der Waals surface area (Å²) in [6.45, 7) is 2.61. The van der Waals surface area contributed by atoms with Crippen LogP contribution in [0.25, 0.3) is 0 Å². The number of benzene rings is 1. The summed E-state index contributed by atoms with van der Waals surface area (Å²) in [5.41, 5.74) is 8.78. The van der Waals surface area contributed by atoms with Crippen molar-refractivity contribution in [3.8, 4) is 0 Å². The molecule has 1 aromatic carbocycles. The Hall–Kier alpha value is -1.02. The van der Waals surface area contributed by atoms with Crippen molar-refractivity contribution in [3.05, 3.63) is 29.3 Å². The Morgan fingerprint density at radius 1 is 1.45 bits per heavy atom. The van der Waals surface area contributed by atoms with Gasteiger partial charge in [-0.25, -0.2) is 0 Å². The third-order valence-electron chi connectivity index (χ3n) is 1.60. The first kappa shape index (κ1) is 8.08. The number of methoxy groups -OCH3 is 1. The number of rotatable bonds is 2. The van der Waals surface area contributed by atoms with Gasteiger partial charge in [0.1, 0.15) is 0 Å². The highest BCUT2D eigenvalue weighted by atomic mass is 16.5. The number of nitrogen functional groups attached to an aromatic ring is 1. The summed E-state index contributed by atoms with van der Waals surface area (Å²) in [5, 5.41) is 0.